The van der Waals surface area contributed by atoms with Crippen LogP contribution in [0, 0.1) is 0 Å². The van der Waals surface area contributed by atoms with Gasteiger partial charge < -0.3 is 24.3 Å². The quantitative estimate of drug-likeness (QED) is 0.432. The van der Waals surface area contributed by atoms with Crippen LogP contribution in [0.4, 0.5) is 8.78 Å². The second-order valence-electron chi connectivity index (χ2n) is 7.82. The van der Waals surface area contributed by atoms with Gasteiger partial charge in [0.1, 0.15) is 48.9 Å². The minimum absolute atomic E-state index is 0.101. The number of aromatic amines is 1. The van der Waals surface area contributed by atoms with Crippen molar-refractivity contribution in [1.82, 2.24) is 9.97 Å². The maximum Gasteiger partial charge on any atom is 0.233 e. The summed E-state index contributed by atoms with van der Waals surface area (Å²) in [5.74, 6) is 1.06. The zero-order valence-electron chi connectivity index (χ0n) is 18.6. The lowest BCUT2D eigenvalue weighted by atomic mass is 10.1. The number of alkyl halides is 2. The summed E-state index contributed by atoms with van der Waals surface area (Å²) in [6, 6.07) is 10.7. The van der Waals surface area contributed by atoms with E-state index < -0.39 is 29.3 Å². The van der Waals surface area contributed by atoms with Gasteiger partial charge in [-0.1, -0.05) is 0 Å². The Kier molecular flexibility index (Phi) is 7.31. The van der Waals surface area contributed by atoms with E-state index in [1.807, 2.05) is 0 Å². The van der Waals surface area contributed by atoms with Gasteiger partial charge in [-0.25, -0.2) is 27.2 Å². The fourth-order valence-corrected chi connectivity index (χ4v) is 3.84. The minimum atomic E-state index is -3.47. The summed E-state index contributed by atoms with van der Waals surface area (Å²) in [5.41, 5.74) is 1.80. The molecule has 186 valence electrons. The number of pyridine rings is 1. The first-order valence-corrected chi connectivity index (χ1v) is 12.5. The summed E-state index contributed by atoms with van der Waals surface area (Å²) >= 11 is 0. The SMILES string of the molecule is CS(=O)(=O)c1ccc(Oc2cc(OC(CF)CF)cc(-c3ccc(C4=NC(CO)CO4)[nH]3)c2)cn1. The zero-order valence-corrected chi connectivity index (χ0v) is 19.5. The summed E-state index contributed by atoms with van der Waals surface area (Å²) < 4.78 is 66.2. The van der Waals surface area contributed by atoms with Gasteiger partial charge in [0.2, 0.25) is 5.90 Å². The monoisotopic (exact) mass is 507 g/mol. The van der Waals surface area contributed by atoms with Gasteiger partial charge in [0.05, 0.1) is 12.8 Å². The molecule has 3 heterocycles. The number of halogens is 2. The third kappa shape index (κ3) is 5.95. The smallest absolute Gasteiger partial charge is 0.233 e. The lowest BCUT2D eigenvalue weighted by molar-refractivity contribution is 0.133. The lowest BCUT2D eigenvalue weighted by Crippen LogP contribution is -2.21. The van der Waals surface area contributed by atoms with Crippen molar-refractivity contribution in [2.24, 2.45) is 4.99 Å². The third-order valence-electron chi connectivity index (χ3n) is 5.00. The number of aliphatic imine (C=N–C) groups is 1. The molecule has 0 aliphatic carbocycles. The summed E-state index contributed by atoms with van der Waals surface area (Å²) in [7, 11) is -3.47. The molecular weight excluding hydrogens is 484 g/mol. The fourth-order valence-electron chi connectivity index (χ4n) is 3.28. The van der Waals surface area contributed by atoms with Crippen LogP contribution >= 0.6 is 0 Å². The Balaban J connectivity index is 1.65. The van der Waals surface area contributed by atoms with Crippen LogP contribution in [0.2, 0.25) is 0 Å². The van der Waals surface area contributed by atoms with Crippen LogP contribution < -0.4 is 9.47 Å². The van der Waals surface area contributed by atoms with E-state index in [2.05, 4.69) is 15.0 Å². The predicted molar refractivity (Wildman–Crippen MR) is 123 cm³/mol. The highest BCUT2D eigenvalue weighted by Crippen LogP contribution is 2.33. The highest BCUT2D eigenvalue weighted by atomic mass is 32.2. The topological polar surface area (TPSA) is 123 Å². The van der Waals surface area contributed by atoms with Crippen LogP contribution in [-0.4, -0.2) is 74.4 Å². The molecular formula is C23H23F2N3O6S. The summed E-state index contributed by atoms with van der Waals surface area (Å²) in [4.78, 5) is 11.3. The van der Waals surface area contributed by atoms with Crippen LogP contribution in [0.25, 0.3) is 11.3 Å². The van der Waals surface area contributed by atoms with Crippen molar-refractivity contribution in [3.05, 3.63) is 54.4 Å². The van der Waals surface area contributed by atoms with E-state index >= 15 is 0 Å². The largest absolute Gasteiger partial charge is 0.485 e. The average Bonchev–Trinajstić information content (AvgIpc) is 3.52. The van der Waals surface area contributed by atoms with Crippen LogP contribution in [0.1, 0.15) is 5.69 Å². The number of hydrogen-bond acceptors (Lipinski definition) is 8. The van der Waals surface area contributed by atoms with Crippen molar-refractivity contribution in [1.29, 1.82) is 0 Å². The molecule has 4 rings (SSSR count). The number of aliphatic hydroxyl groups is 1. The van der Waals surface area contributed by atoms with Gasteiger partial charge in [0.15, 0.2) is 21.0 Å². The van der Waals surface area contributed by atoms with Gasteiger partial charge in [-0.05, 0) is 36.4 Å². The van der Waals surface area contributed by atoms with E-state index in [0.717, 1.165) is 6.26 Å². The third-order valence-corrected chi connectivity index (χ3v) is 6.00. The van der Waals surface area contributed by atoms with Gasteiger partial charge in [0.25, 0.3) is 0 Å². The Morgan fingerprint density at radius 3 is 2.49 bits per heavy atom. The van der Waals surface area contributed by atoms with Gasteiger partial charge in [-0.2, -0.15) is 0 Å². The number of rotatable bonds is 10. The molecule has 0 spiro atoms. The number of aromatic nitrogens is 2. The van der Waals surface area contributed by atoms with Crippen LogP contribution in [0.15, 0.2) is 58.7 Å². The number of ether oxygens (including phenoxy) is 3. The van der Waals surface area contributed by atoms with Crippen molar-refractivity contribution >= 4 is 15.7 Å². The second kappa shape index (κ2) is 10.4. The molecule has 0 saturated carbocycles. The summed E-state index contributed by atoms with van der Waals surface area (Å²) in [5, 5.41) is 9.15. The molecule has 1 atom stereocenters. The number of nitrogens with one attached hydrogen (secondary N) is 1. The Morgan fingerprint density at radius 2 is 1.86 bits per heavy atom. The van der Waals surface area contributed by atoms with Crippen molar-refractivity contribution in [3.63, 3.8) is 0 Å². The van der Waals surface area contributed by atoms with E-state index in [9.17, 15) is 22.3 Å². The lowest BCUT2D eigenvalue weighted by Gasteiger charge is -2.15. The van der Waals surface area contributed by atoms with Crippen LogP contribution in [0.3, 0.4) is 0 Å². The van der Waals surface area contributed by atoms with Crippen molar-refractivity contribution in [2.45, 2.75) is 17.2 Å². The molecule has 0 fully saturated rings. The highest BCUT2D eigenvalue weighted by Gasteiger charge is 2.21. The Labute approximate surface area is 200 Å². The van der Waals surface area contributed by atoms with Gasteiger partial charge in [-0.3, -0.25) is 0 Å². The number of aliphatic hydroxyl groups excluding tert-OH is 1. The van der Waals surface area contributed by atoms with E-state index in [1.54, 1.807) is 24.3 Å². The standard InChI is InChI=1S/C23H23F2N3O6S/c1-35(30,31)22-5-2-16(11-26-22)33-17-6-14(7-18(8-17)34-19(9-24)10-25)20-3-4-21(28-20)23-27-15(12-29)13-32-23/h2-8,11,15,19,28-29H,9-10,12-13H2,1H3. The maximum atomic E-state index is 13.1. The van der Waals surface area contributed by atoms with Crippen molar-refractivity contribution < 1.29 is 36.5 Å². The molecule has 12 heteroatoms. The molecule has 0 radical (unpaired) electrons. The molecule has 2 N–H and O–H groups in total. The first-order valence-electron chi connectivity index (χ1n) is 10.6. The van der Waals surface area contributed by atoms with E-state index in [-0.39, 0.29) is 41.5 Å². The molecule has 3 aromatic rings. The van der Waals surface area contributed by atoms with Crippen molar-refractivity contribution in [2.75, 3.05) is 32.8 Å². The van der Waals surface area contributed by atoms with Crippen LogP contribution in [-0.2, 0) is 14.6 Å². The van der Waals surface area contributed by atoms with Crippen LogP contribution in [0.5, 0.6) is 17.2 Å². The van der Waals surface area contributed by atoms with Gasteiger partial charge in [-0.15, -0.1) is 0 Å². The molecule has 35 heavy (non-hydrogen) atoms. The summed E-state index contributed by atoms with van der Waals surface area (Å²) in [6.45, 7) is -1.86. The predicted octanol–water partition coefficient (Wildman–Crippen LogP) is 3.10. The molecule has 1 aliphatic rings. The molecule has 0 bridgehead atoms. The minimum Gasteiger partial charge on any atom is -0.485 e. The van der Waals surface area contributed by atoms with Gasteiger partial charge in [0, 0.05) is 23.6 Å². The zero-order chi connectivity index (χ0) is 25.0. The molecule has 1 aliphatic heterocycles. The Morgan fingerprint density at radius 1 is 1.11 bits per heavy atom. The molecule has 1 aromatic carbocycles. The van der Waals surface area contributed by atoms with Gasteiger partial charge >= 0.3 is 0 Å². The molecule has 1 unspecified atom stereocenters. The number of H-pyrrole nitrogens is 1. The maximum absolute atomic E-state index is 13.1. The first kappa shape index (κ1) is 24.6. The number of benzene rings is 1. The number of sulfone groups is 1. The molecule has 0 saturated heterocycles. The van der Waals surface area contributed by atoms with E-state index in [0.29, 0.717) is 22.8 Å². The normalized spacial score (nSPS) is 15.7. The average molecular weight is 508 g/mol. The molecule has 0 amide bonds. The first-order chi connectivity index (χ1) is 16.8. The Hall–Kier alpha value is -3.51. The molecule has 2 aromatic heterocycles. The highest BCUT2D eigenvalue weighted by molar-refractivity contribution is 7.90. The Bertz CT molecular complexity index is 1310. The number of nitrogens with zero attached hydrogens (tertiary/aromatic N) is 2. The van der Waals surface area contributed by atoms with E-state index in [1.165, 1.54) is 24.4 Å². The second-order valence-corrected chi connectivity index (χ2v) is 9.78. The summed E-state index contributed by atoms with van der Waals surface area (Å²) in [6.07, 6.45) is 1.03. The molecule has 9 nitrogen and oxygen atoms in total. The van der Waals surface area contributed by atoms with Crippen molar-refractivity contribution in [3.8, 4) is 28.5 Å². The fraction of sp³-hybridized carbons (Fsp3) is 0.304. The number of hydrogen-bond donors (Lipinski definition) is 2. The van der Waals surface area contributed by atoms with E-state index in [4.69, 9.17) is 14.2 Å².